The second kappa shape index (κ2) is 4.61. The van der Waals surface area contributed by atoms with Crippen LogP contribution in [0.3, 0.4) is 0 Å². The summed E-state index contributed by atoms with van der Waals surface area (Å²) in [5, 5.41) is 0. The molecule has 3 aliphatic rings. The quantitative estimate of drug-likeness (QED) is 0.618. The second-order valence-electron chi connectivity index (χ2n) is 6.30. The van der Waals surface area contributed by atoms with E-state index in [4.69, 9.17) is 4.74 Å². The fourth-order valence-electron chi connectivity index (χ4n) is 3.99. The fraction of sp³-hybridized carbons (Fsp3) is 0.750. The van der Waals surface area contributed by atoms with Crippen LogP contribution < -0.4 is 0 Å². The average molecular weight is 232 g/mol. The van der Waals surface area contributed by atoms with Crippen molar-refractivity contribution < 1.29 is 4.74 Å². The first-order valence-corrected chi connectivity index (χ1v) is 7.19. The van der Waals surface area contributed by atoms with Crippen LogP contribution in [0.1, 0.15) is 45.4 Å². The van der Waals surface area contributed by atoms with Crippen LogP contribution >= 0.6 is 0 Å². The van der Waals surface area contributed by atoms with Gasteiger partial charge in [0.2, 0.25) is 0 Å². The van der Waals surface area contributed by atoms with Gasteiger partial charge in [-0.05, 0) is 57.3 Å². The second-order valence-corrected chi connectivity index (χ2v) is 6.30. The normalized spacial score (nSPS) is 42.2. The number of hydrogen-bond acceptors (Lipinski definition) is 1. The minimum absolute atomic E-state index is 0.475. The summed E-state index contributed by atoms with van der Waals surface area (Å²) in [5.41, 5.74) is 3.03. The molecule has 1 heteroatoms. The molecule has 1 nitrogen and oxygen atoms in total. The van der Waals surface area contributed by atoms with Gasteiger partial charge < -0.3 is 4.74 Å². The maximum absolute atomic E-state index is 6.22. The molecule has 0 aromatic rings. The van der Waals surface area contributed by atoms with Gasteiger partial charge in [-0.2, -0.15) is 0 Å². The lowest BCUT2D eigenvalue weighted by Gasteiger charge is -2.45. The Balaban J connectivity index is 1.74. The van der Waals surface area contributed by atoms with E-state index in [-0.39, 0.29) is 0 Å². The number of allylic oxidation sites excluding steroid dienone is 2. The Morgan fingerprint density at radius 1 is 1.35 bits per heavy atom. The van der Waals surface area contributed by atoms with Crippen LogP contribution in [0.2, 0.25) is 0 Å². The third-order valence-corrected chi connectivity index (χ3v) is 4.99. The van der Waals surface area contributed by atoms with E-state index in [9.17, 15) is 0 Å². The smallest absolute Gasteiger partial charge is 0.0671 e. The summed E-state index contributed by atoms with van der Waals surface area (Å²) in [7, 11) is 0. The minimum atomic E-state index is 0.475. The molecule has 0 unspecified atom stereocenters. The molecule has 4 atom stereocenters. The number of fused-ring (bicyclic) bond motifs is 2. The predicted octanol–water partition coefficient (Wildman–Crippen LogP) is 4.10. The lowest BCUT2D eigenvalue weighted by molar-refractivity contribution is -0.0881. The Labute approximate surface area is 105 Å². The molecule has 1 aliphatic heterocycles. The summed E-state index contributed by atoms with van der Waals surface area (Å²) in [5.74, 6) is 2.24. The molecule has 0 spiro atoms. The van der Waals surface area contributed by atoms with Crippen molar-refractivity contribution in [2.75, 3.05) is 6.61 Å². The lowest BCUT2D eigenvalue weighted by Crippen LogP contribution is -2.43. The molecule has 2 aliphatic carbocycles. The van der Waals surface area contributed by atoms with E-state index in [1.807, 2.05) is 0 Å². The molecule has 2 bridgehead atoms. The van der Waals surface area contributed by atoms with Crippen LogP contribution in [0.25, 0.3) is 0 Å². The third-order valence-electron chi connectivity index (χ3n) is 4.99. The van der Waals surface area contributed by atoms with Crippen molar-refractivity contribution in [2.45, 2.75) is 51.6 Å². The van der Waals surface area contributed by atoms with Gasteiger partial charge in [-0.15, -0.1) is 0 Å². The van der Waals surface area contributed by atoms with Gasteiger partial charge in [0.1, 0.15) is 0 Å². The van der Waals surface area contributed by atoms with E-state index in [2.05, 4.69) is 19.6 Å². The van der Waals surface area contributed by atoms with Gasteiger partial charge in [0.05, 0.1) is 6.10 Å². The minimum Gasteiger partial charge on any atom is -0.377 e. The van der Waals surface area contributed by atoms with E-state index >= 15 is 0 Å². The first kappa shape index (κ1) is 11.5. The lowest BCUT2D eigenvalue weighted by atomic mass is 9.69. The molecule has 2 fully saturated rings. The van der Waals surface area contributed by atoms with Gasteiger partial charge in [-0.25, -0.2) is 0 Å². The number of ether oxygens (including phenoxy) is 1. The molecule has 0 amide bonds. The first-order chi connectivity index (χ1) is 8.24. The van der Waals surface area contributed by atoms with Crippen molar-refractivity contribution in [3.63, 3.8) is 0 Å². The van der Waals surface area contributed by atoms with Crippen LogP contribution in [-0.4, -0.2) is 12.7 Å². The highest BCUT2D eigenvalue weighted by Gasteiger charge is 2.40. The molecule has 3 rings (SSSR count). The van der Waals surface area contributed by atoms with Gasteiger partial charge in [0.25, 0.3) is 0 Å². The average Bonchev–Trinajstić information content (AvgIpc) is 2.34. The SMILES string of the molecule is C=C1CC[C@H]2CO[C@@H]([C@@H]3CCC=C(C)C3)[C@@H]1C2. The van der Waals surface area contributed by atoms with Crippen LogP contribution in [0.5, 0.6) is 0 Å². The molecule has 94 valence electrons. The zero-order valence-corrected chi connectivity index (χ0v) is 11.0. The van der Waals surface area contributed by atoms with E-state index in [0.717, 1.165) is 18.4 Å². The van der Waals surface area contributed by atoms with Gasteiger partial charge in [-0.1, -0.05) is 23.8 Å². The van der Waals surface area contributed by atoms with Crippen molar-refractivity contribution in [1.82, 2.24) is 0 Å². The van der Waals surface area contributed by atoms with E-state index in [1.165, 1.54) is 44.1 Å². The summed E-state index contributed by atoms with van der Waals surface area (Å²) < 4.78 is 6.22. The van der Waals surface area contributed by atoms with Crippen LogP contribution in [0, 0.1) is 17.8 Å². The highest BCUT2D eigenvalue weighted by molar-refractivity contribution is 5.13. The predicted molar refractivity (Wildman–Crippen MR) is 70.8 cm³/mol. The monoisotopic (exact) mass is 232 g/mol. The third kappa shape index (κ3) is 2.22. The molecule has 1 saturated heterocycles. The van der Waals surface area contributed by atoms with Crippen molar-refractivity contribution in [3.05, 3.63) is 23.8 Å². The highest BCUT2D eigenvalue weighted by atomic mass is 16.5. The summed E-state index contributed by atoms with van der Waals surface area (Å²) in [6, 6.07) is 0. The summed E-state index contributed by atoms with van der Waals surface area (Å²) >= 11 is 0. The Hall–Kier alpha value is -0.560. The number of rotatable bonds is 1. The highest BCUT2D eigenvalue weighted by Crippen LogP contribution is 2.44. The summed E-state index contributed by atoms with van der Waals surface area (Å²) in [6.07, 6.45) is 10.6. The van der Waals surface area contributed by atoms with Gasteiger partial charge in [0, 0.05) is 12.5 Å². The molecule has 0 aromatic heterocycles. The standard InChI is InChI=1S/C16H24O/c1-11-4-3-5-14(8-11)16-15-9-13(10-17-16)7-6-12(15)2/h4,13-16H,2-3,5-10H2,1H3/t13-,14-,15-,16+/m1/s1. The molecular formula is C16H24O. The molecule has 17 heavy (non-hydrogen) atoms. The summed E-state index contributed by atoms with van der Waals surface area (Å²) in [4.78, 5) is 0. The Kier molecular flexibility index (Phi) is 3.12. The zero-order chi connectivity index (χ0) is 11.8. The fourth-order valence-corrected chi connectivity index (χ4v) is 3.99. The van der Waals surface area contributed by atoms with Gasteiger partial charge in [-0.3, -0.25) is 0 Å². The van der Waals surface area contributed by atoms with Crippen LogP contribution in [0.4, 0.5) is 0 Å². The molecular weight excluding hydrogens is 208 g/mol. The van der Waals surface area contributed by atoms with Crippen molar-refractivity contribution in [3.8, 4) is 0 Å². The van der Waals surface area contributed by atoms with Crippen LogP contribution in [0.15, 0.2) is 23.8 Å². The molecule has 1 heterocycles. The number of hydrogen-bond donors (Lipinski definition) is 0. The Morgan fingerprint density at radius 3 is 3.06 bits per heavy atom. The Morgan fingerprint density at radius 2 is 2.24 bits per heavy atom. The van der Waals surface area contributed by atoms with Crippen LogP contribution in [-0.2, 0) is 4.74 Å². The van der Waals surface area contributed by atoms with Gasteiger partial charge in [0.15, 0.2) is 0 Å². The van der Waals surface area contributed by atoms with E-state index in [0.29, 0.717) is 12.0 Å². The largest absolute Gasteiger partial charge is 0.377 e. The maximum atomic E-state index is 6.22. The van der Waals surface area contributed by atoms with Crippen molar-refractivity contribution >= 4 is 0 Å². The molecule has 0 radical (unpaired) electrons. The molecule has 1 saturated carbocycles. The van der Waals surface area contributed by atoms with Crippen molar-refractivity contribution in [2.24, 2.45) is 17.8 Å². The first-order valence-electron chi connectivity index (χ1n) is 7.19. The van der Waals surface area contributed by atoms with Crippen molar-refractivity contribution in [1.29, 1.82) is 0 Å². The topological polar surface area (TPSA) is 9.23 Å². The van der Waals surface area contributed by atoms with E-state index in [1.54, 1.807) is 5.57 Å². The van der Waals surface area contributed by atoms with Gasteiger partial charge >= 0.3 is 0 Å². The zero-order valence-electron chi connectivity index (χ0n) is 11.0. The summed E-state index contributed by atoms with van der Waals surface area (Å²) in [6.45, 7) is 7.58. The molecule has 0 aromatic carbocycles. The molecule has 0 N–H and O–H groups in total. The Bertz CT molecular complexity index is 341. The maximum Gasteiger partial charge on any atom is 0.0671 e. The van der Waals surface area contributed by atoms with E-state index < -0.39 is 0 Å².